The van der Waals surface area contributed by atoms with Gasteiger partial charge < -0.3 is 54.6 Å². The van der Waals surface area contributed by atoms with Crippen LogP contribution in [0.15, 0.2) is 21.9 Å². The Bertz CT molecular complexity index is 1240. The molecule has 3 rings (SSSR count). The highest BCUT2D eigenvalue weighted by atomic mass is 31.3. The number of amides is 1. The average molecular weight is 605 g/mol. The molecule has 2 aliphatic heterocycles. The summed E-state index contributed by atoms with van der Waals surface area (Å²) in [5.74, 6) is -0.829. The smallest absolute Gasteiger partial charge is 0.330 e. The quantitative estimate of drug-likeness (QED) is 0.122. The first-order valence-electron chi connectivity index (χ1n) is 10.9. The molecule has 20 nitrogen and oxygen atoms in total. The van der Waals surface area contributed by atoms with Gasteiger partial charge in [0.2, 0.25) is 5.91 Å². The van der Waals surface area contributed by atoms with Crippen LogP contribution in [0.25, 0.3) is 0 Å². The molecule has 2 saturated heterocycles. The number of hydrogen-bond acceptors (Lipinski definition) is 17. The zero-order valence-corrected chi connectivity index (χ0v) is 21.5. The first kappa shape index (κ1) is 31.7. The van der Waals surface area contributed by atoms with E-state index in [1.807, 2.05) is 4.98 Å². The minimum atomic E-state index is -5.94. The Balaban J connectivity index is 1.66. The van der Waals surface area contributed by atoms with Crippen LogP contribution in [-0.2, 0) is 36.8 Å². The third-order valence-electron chi connectivity index (χ3n) is 5.54. The van der Waals surface area contributed by atoms with Gasteiger partial charge in [-0.15, -0.1) is 0 Å². The second-order valence-corrected chi connectivity index (χ2v) is 11.3. The monoisotopic (exact) mass is 605 g/mol. The molecule has 11 unspecified atom stereocenters. The summed E-state index contributed by atoms with van der Waals surface area (Å²) in [5.41, 5.74) is -1.79. The zero-order chi connectivity index (χ0) is 29.3. The lowest BCUT2D eigenvalue weighted by atomic mass is 9.97. The Labute approximate surface area is 217 Å². The third kappa shape index (κ3) is 7.66. The van der Waals surface area contributed by atoms with E-state index in [0.717, 1.165) is 19.2 Å². The summed E-state index contributed by atoms with van der Waals surface area (Å²) < 4.78 is 48.2. The molecule has 1 amide bonds. The van der Waals surface area contributed by atoms with Gasteiger partial charge in [-0.3, -0.25) is 32.8 Å². The molecule has 1 aromatic heterocycles. The number of aliphatic hydroxyl groups is 5. The number of carbonyl (C=O) groups is 1. The van der Waals surface area contributed by atoms with Crippen LogP contribution in [-0.4, -0.2) is 103 Å². The fourth-order valence-corrected chi connectivity index (χ4v) is 5.83. The lowest BCUT2D eigenvalue weighted by molar-refractivity contribution is -0.285. The molecular weight excluding hydrogens is 580 g/mol. The van der Waals surface area contributed by atoms with E-state index in [2.05, 4.69) is 18.7 Å². The largest absolute Gasteiger partial charge is 0.756 e. The van der Waals surface area contributed by atoms with Crippen LogP contribution in [0.4, 0.5) is 0 Å². The van der Waals surface area contributed by atoms with Crippen molar-refractivity contribution in [3.05, 3.63) is 33.1 Å². The van der Waals surface area contributed by atoms with Crippen molar-refractivity contribution in [3.63, 3.8) is 0 Å². The van der Waals surface area contributed by atoms with Crippen LogP contribution in [0.5, 0.6) is 0 Å². The Kier molecular flexibility index (Phi) is 10.0. The predicted molar refractivity (Wildman–Crippen MR) is 116 cm³/mol. The molecule has 222 valence electrons. The van der Waals surface area contributed by atoms with Gasteiger partial charge in [0.1, 0.15) is 42.7 Å². The summed E-state index contributed by atoms with van der Waals surface area (Å²) in [7, 11) is -11.8. The van der Waals surface area contributed by atoms with Gasteiger partial charge in [0.05, 0.1) is 13.2 Å². The zero-order valence-electron chi connectivity index (χ0n) is 19.7. The molecule has 7 N–H and O–H groups in total. The number of nitrogens with one attached hydrogen (secondary N) is 2. The lowest BCUT2D eigenvalue weighted by Gasteiger charge is -2.44. The van der Waals surface area contributed by atoms with E-state index in [0.29, 0.717) is 4.57 Å². The number of hydrogen-bond donors (Lipinski definition) is 7. The number of aromatic nitrogens is 2. The molecule has 0 saturated carbocycles. The highest BCUT2D eigenvalue weighted by Gasteiger charge is 2.47. The number of aromatic amines is 1. The van der Waals surface area contributed by atoms with Gasteiger partial charge in [0, 0.05) is 19.2 Å². The van der Waals surface area contributed by atoms with Crippen LogP contribution in [0.2, 0.25) is 0 Å². The number of nitrogens with zero attached hydrogens (tertiary/aromatic N) is 1. The van der Waals surface area contributed by atoms with Crippen molar-refractivity contribution >= 4 is 21.6 Å². The molecule has 0 radical (unpaired) electrons. The van der Waals surface area contributed by atoms with Gasteiger partial charge in [-0.25, -0.2) is 9.11 Å². The predicted octanol–water partition coefficient (Wildman–Crippen LogP) is -5.91. The number of ether oxygens (including phenoxy) is 2. The van der Waals surface area contributed by atoms with Crippen molar-refractivity contribution in [3.8, 4) is 0 Å². The Morgan fingerprint density at radius 1 is 1.08 bits per heavy atom. The van der Waals surface area contributed by atoms with Crippen molar-refractivity contribution in [2.24, 2.45) is 0 Å². The first-order chi connectivity index (χ1) is 18.0. The standard InChI is InChI=1S/C17H27N3O17P2/c1-6(22)18-10-13(26)11(24)7(4-21)35-16(10)36-39(31,32)37-38(29,30)33-5-8-12(25)14(27)15(34-8)20-3-2-9(23)19-17(20)28/h2-3,7-8,10-16,21,24-27H,4-5H2,1H3,(H,18,22)(H,29,30)(H,31,32)(H,19,23,28)/p-2. The molecule has 11 atom stereocenters. The fourth-order valence-electron chi connectivity index (χ4n) is 3.74. The van der Waals surface area contributed by atoms with Gasteiger partial charge in [0.15, 0.2) is 12.5 Å². The van der Waals surface area contributed by atoms with E-state index in [9.17, 15) is 58.8 Å². The summed E-state index contributed by atoms with van der Waals surface area (Å²) in [6.07, 6.45) is -13.4. The Hall–Kier alpha value is -1.87. The molecule has 22 heteroatoms. The first-order valence-corrected chi connectivity index (χ1v) is 13.9. The van der Waals surface area contributed by atoms with Gasteiger partial charge in [-0.2, -0.15) is 0 Å². The lowest BCUT2D eigenvalue weighted by Crippen LogP contribution is -2.64. The number of aliphatic hydroxyl groups excluding tert-OH is 5. The van der Waals surface area contributed by atoms with E-state index in [1.165, 1.54) is 0 Å². The highest BCUT2D eigenvalue weighted by Crippen LogP contribution is 2.57. The molecule has 0 aliphatic carbocycles. The van der Waals surface area contributed by atoms with Crippen molar-refractivity contribution in [2.45, 2.75) is 62.1 Å². The molecule has 2 fully saturated rings. The maximum absolute atomic E-state index is 12.3. The number of carbonyl (C=O) groups excluding carboxylic acids is 1. The topological polar surface area (TPSA) is 312 Å². The minimum absolute atomic E-state index is 0.697. The summed E-state index contributed by atoms with van der Waals surface area (Å²) in [5, 5.41) is 51.7. The third-order valence-corrected chi connectivity index (χ3v) is 8.07. The molecule has 0 bridgehead atoms. The highest BCUT2D eigenvalue weighted by molar-refractivity contribution is 7.59. The van der Waals surface area contributed by atoms with Gasteiger partial charge in [0.25, 0.3) is 21.2 Å². The van der Waals surface area contributed by atoms with E-state index in [4.69, 9.17) is 9.47 Å². The van der Waals surface area contributed by atoms with E-state index < -0.39 is 101 Å². The molecule has 2 aliphatic rings. The number of H-pyrrole nitrogens is 1. The molecular formula is C17H25N3O17P2-2. The maximum atomic E-state index is 12.3. The second kappa shape index (κ2) is 12.3. The van der Waals surface area contributed by atoms with Crippen LogP contribution in [0, 0.1) is 0 Å². The van der Waals surface area contributed by atoms with Crippen molar-refractivity contribution in [1.82, 2.24) is 14.9 Å². The van der Waals surface area contributed by atoms with Crippen LogP contribution < -0.4 is 26.4 Å². The summed E-state index contributed by atoms with van der Waals surface area (Å²) >= 11 is 0. The molecule has 1 aromatic rings. The molecule has 0 spiro atoms. The molecule has 39 heavy (non-hydrogen) atoms. The van der Waals surface area contributed by atoms with Crippen LogP contribution >= 0.6 is 15.6 Å². The van der Waals surface area contributed by atoms with E-state index in [-0.39, 0.29) is 0 Å². The average Bonchev–Trinajstić information content (AvgIpc) is 3.10. The molecule has 3 heterocycles. The van der Waals surface area contributed by atoms with Crippen molar-refractivity contribution < 1.29 is 72.1 Å². The second-order valence-electron chi connectivity index (χ2n) is 8.37. The van der Waals surface area contributed by atoms with Gasteiger partial charge in [-0.05, 0) is 0 Å². The van der Waals surface area contributed by atoms with Gasteiger partial charge >= 0.3 is 5.69 Å². The maximum Gasteiger partial charge on any atom is 0.330 e. The van der Waals surface area contributed by atoms with Crippen molar-refractivity contribution in [2.75, 3.05) is 13.2 Å². The van der Waals surface area contributed by atoms with Crippen LogP contribution in [0.1, 0.15) is 13.2 Å². The van der Waals surface area contributed by atoms with E-state index >= 15 is 0 Å². The van der Waals surface area contributed by atoms with Crippen LogP contribution in [0.3, 0.4) is 0 Å². The SMILES string of the molecule is CC(=O)NC1C(OP(=O)([O-])OP(=O)([O-])OCC2OC(n3ccc(=O)[nH]c3=O)C(O)C2O)OC(CO)C(O)C1O. The normalized spacial score (nSPS) is 36.2. The number of phosphoric ester groups is 2. The summed E-state index contributed by atoms with van der Waals surface area (Å²) in [6, 6.07) is -0.844. The van der Waals surface area contributed by atoms with Crippen molar-refractivity contribution in [1.29, 1.82) is 0 Å². The fraction of sp³-hybridized carbons (Fsp3) is 0.706. The Morgan fingerprint density at radius 3 is 2.31 bits per heavy atom. The summed E-state index contributed by atoms with van der Waals surface area (Å²) in [6.45, 7) is -1.09. The van der Waals surface area contributed by atoms with E-state index in [1.54, 1.807) is 0 Å². The number of phosphoric acid groups is 2. The minimum Gasteiger partial charge on any atom is -0.756 e. The summed E-state index contributed by atoms with van der Waals surface area (Å²) in [4.78, 5) is 60.9. The Morgan fingerprint density at radius 2 is 1.72 bits per heavy atom. The van der Waals surface area contributed by atoms with Gasteiger partial charge in [-0.1, -0.05) is 0 Å². The molecule has 0 aromatic carbocycles. The number of rotatable bonds is 10.